The van der Waals surface area contributed by atoms with Crippen LogP contribution in [0.4, 0.5) is 20.6 Å². The molecule has 0 atom stereocenters. The van der Waals surface area contributed by atoms with E-state index in [1.807, 2.05) is 6.92 Å². The molecule has 2 amide bonds. The zero-order chi connectivity index (χ0) is 13.8. The van der Waals surface area contributed by atoms with Crippen molar-refractivity contribution in [3.8, 4) is 0 Å². The highest BCUT2D eigenvalue weighted by Crippen LogP contribution is 2.20. The van der Waals surface area contributed by atoms with Crippen LogP contribution in [0.3, 0.4) is 0 Å². The van der Waals surface area contributed by atoms with Gasteiger partial charge in [-0.2, -0.15) is 0 Å². The van der Waals surface area contributed by atoms with E-state index in [1.165, 1.54) is 18.2 Å². The summed E-state index contributed by atoms with van der Waals surface area (Å²) >= 11 is 5.96. The molecule has 2 N–H and O–H groups in total. The summed E-state index contributed by atoms with van der Waals surface area (Å²) in [6, 6.07) is 10.4. The molecule has 2 rings (SSSR count). The first-order valence-corrected chi connectivity index (χ1v) is 6.02. The van der Waals surface area contributed by atoms with Crippen molar-refractivity contribution in [2.45, 2.75) is 6.92 Å². The fraction of sp³-hybridized carbons (Fsp3) is 0.0714. The third-order valence-corrected chi connectivity index (χ3v) is 2.92. The Kier molecular flexibility index (Phi) is 4.02. The van der Waals surface area contributed by atoms with Crippen molar-refractivity contribution < 1.29 is 9.18 Å². The second kappa shape index (κ2) is 5.71. The molecular weight excluding hydrogens is 267 g/mol. The van der Waals surface area contributed by atoms with E-state index in [4.69, 9.17) is 11.6 Å². The number of amides is 2. The Morgan fingerprint density at radius 1 is 1.11 bits per heavy atom. The molecule has 0 fully saturated rings. The van der Waals surface area contributed by atoms with Crippen LogP contribution in [-0.2, 0) is 0 Å². The normalized spacial score (nSPS) is 10.1. The molecule has 0 aliphatic rings. The minimum Gasteiger partial charge on any atom is -0.308 e. The molecule has 19 heavy (non-hydrogen) atoms. The van der Waals surface area contributed by atoms with Crippen LogP contribution < -0.4 is 10.6 Å². The van der Waals surface area contributed by atoms with Crippen LogP contribution in [0.25, 0.3) is 0 Å². The highest BCUT2D eigenvalue weighted by atomic mass is 35.5. The van der Waals surface area contributed by atoms with Crippen LogP contribution in [0.15, 0.2) is 42.5 Å². The molecule has 0 saturated carbocycles. The number of hydrogen-bond donors (Lipinski definition) is 2. The molecule has 0 aliphatic carbocycles. The van der Waals surface area contributed by atoms with E-state index in [1.54, 1.807) is 24.3 Å². The highest BCUT2D eigenvalue weighted by molar-refractivity contribution is 6.31. The quantitative estimate of drug-likeness (QED) is 0.838. The Bertz CT molecular complexity index is 616. The molecular formula is C14H12ClFN2O. The summed E-state index contributed by atoms with van der Waals surface area (Å²) in [7, 11) is 0. The molecule has 0 bridgehead atoms. The van der Waals surface area contributed by atoms with Crippen LogP contribution >= 0.6 is 11.6 Å². The second-order valence-electron chi connectivity index (χ2n) is 4.05. The van der Waals surface area contributed by atoms with E-state index in [0.29, 0.717) is 16.4 Å². The van der Waals surface area contributed by atoms with Crippen molar-refractivity contribution in [3.63, 3.8) is 0 Å². The van der Waals surface area contributed by atoms with Crippen LogP contribution in [0.5, 0.6) is 0 Å². The minimum absolute atomic E-state index is 0.385. The number of anilines is 2. The van der Waals surface area contributed by atoms with Crippen molar-refractivity contribution in [3.05, 3.63) is 58.9 Å². The van der Waals surface area contributed by atoms with Gasteiger partial charge in [0.05, 0.1) is 0 Å². The number of rotatable bonds is 2. The predicted molar refractivity (Wildman–Crippen MR) is 75.2 cm³/mol. The molecule has 0 spiro atoms. The first-order chi connectivity index (χ1) is 9.04. The van der Waals surface area contributed by atoms with Crippen molar-refractivity contribution in [1.82, 2.24) is 0 Å². The lowest BCUT2D eigenvalue weighted by atomic mass is 10.2. The van der Waals surface area contributed by atoms with E-state index in [0.717, 1.165) is 5.56 Å². The third kappa shape index (κ3) is 3.69. The molecule has 2 aromatic rings. The highest BCUT2D eigenvalue weighted by Gasteiger charge is 2.04. The van der Waals surface area contributed by atoms with Gasteiger partial charge in [-0.05, 0) is 42.8 Å². The first kappa shape index (κ1) is 13.4. The lowest BCUT2D eigenvalue weighted by Gasteiger charge is -2.08. The van der Waals surface area contributed by atoms with Gasteiger partial charge in [-0.3, -0.25) is 0 Å². The molecule has 0 saturated heterocycles. The number of carbonyl (C=O) groups excluding carboxylic acids is 1. The number of benzene rings is 2. The summed E-state index contributed by atoms with van der Waals surface area (Å²) in [6.07, 6.45) is 0. The summed E-state index contributed by atoms with van der Waals surface area (Å²) in [6.45, 7) is 1.87. The lowest BCUT2D eigenvalue weighted by molar-refractivity contribution is 0.262. The minimum atomic E-state index is -0.453. The molecule has 5 heteroatoms. The Balaban J connectivity index is 2.03. The van der Waals surface area contributed by atoms with Gasteiger partial charge in [0.2, 0.25) is 0 Å². The summed E-state index contributed by atoms with van der Waals surface area (Å²) in [4.78, 5) is 11.7. The second-order valence-corrected chi connectivity index (χ2v) is 4.46. The Morgan fingerprint density at radius 3 is 2.42 bits per heavy atom. The summed E-state index contributed by atoms with van der Waals surface area (Å²) in [5.74, 6) is -0.406. The molecule has 0 aromatic heterocycles. The zero-order valence-corrected chi connectivity index (χ0v) is 11.0. The predicted octanol–water partition coefficient (Wildman–Crippen LogP) is 4.43. The van der Waals surface area contributed by atoms with Gasteiger partial charge < -0.3 is 10.6 Å². The third-order valence-electron chi connectivity index (χ3n) is 2.51. The van der Waals surface area contributed by atoms with Crippen LogP contribution in [0, 0.1) is 12.7 Å². The van der Waals surface area contributed by atoms with Crippen LogP contribution in [0.2, 0.25) is 5.02 Å². The molecule has 2 aromatic carbocycles. The van der Waals surface area contributed by atoms with Crippen LogP contribution in [-0.4, -0.2) is 6.03 Å². The Morgan fingerprint density at radius 2 is 1.79 bits per heavy atom. The van der Waals surface area contributed by atoms with Crippen LogP contribution in [0.1, 0.15) is 5.56 Å². The number of halogens is 2. The maximum Gasteiger partial charge on any atom is 0.323 e. The maximum atomic E-state index is 13.0. The molecule has 0 aliphatic heterocycles. The van der Waals surface area contributed by atoms with Gasteiger partial charge >= 0.3 is 6.03 Å². The van der Waals surface area contributed by atoms with Gasteiger partial charge in [0.1, 0.15) is 5.82 Å². The average Bonchev–Trinajstić information content (AvgIpc) is 2.34. The molecule has 0 radical (unpaired) electrons. The number of hydrogen-bond acceptors (Lipinski definition) is 1. The van der Waals surface area contributed by atoms with E-state index in [-0.39, 0.29) is 0 Å². The maximum absolute atomic E-state index is 13.0. The van der Waals surface area contributed by atoms with Gasteiger partial charge in [-0.1, -0.05) is 23.7 Å². The average molecular weight is 279 g/mol. The van der Waals surface area contributed by atoms with E-state index >= 15 is 0 Å². The largest absolute Gasteiger partial charge is 0.323 e. The number of nitrogens with one attached hydrogen (secondary N) is 2. The SMILES string of the molecule is Cc1ccc(NC(=O)Nc2cccc(F)c2)cc1Cl. The monoisotopic (exact) mass is 278 g/mol. The van der Waals surface area contributed by atoms with E-state index in [9.17, 15) is 9.18 Å². The van der Waals surface area contributed by atoms with Gasteiger partial charge in [0.15, 0.2) is 0 Å². The standard InChI is InChI=1S/C14H12ClFN2O/c1-9-5-6-12(8-13(9)15)18-14(19)17-11-4-2-3-10(16)7-11/h2-8H,1H3,(H2,17,18,19). The Labute approximate surface area is 115 Å². The summed E-state index contributed by atoms with van der Waals surface area (Å²) < 4.78 is 13.0. The zero-order valence-electron chi connectivity index (χ0n) is 10.2. The van der Waals surface area contributed by atoms with E-state index < -0.39 is 11.8 Å². The van der Waals surface area contributed by atoms with Gasteiger partial charge in [0.25, 0.3) is 0 Å². The topological polar surface area (TPSA) is 41.1 Å². The number of urea groups is 1. The van der Waals surface area contributed by atoms with Gasteiger partial charge in [-0.25, -0.2) is 9.18 Å². The van der Waals surface area contributed by atoms with Crippen molar-refractivity contribution in [2.75, 3.05) is 10.6 Å². The van der Waals surface area contributed by atoms with Gasteiger partial charge in [0, 0.05) is 16.4 Å². The van der Waals surface area contributed by atoms with Crippen molar-refractivity contribution in [2.24, 2.45) is 0 Å². The summed E-state index contributed by atoms with van der Waals surface area (Å²) in [5.41, 5.74) is 1.89. The van der Waals surface area contributed by atoms with Crippen molar-refractivity contribution in [1.29, 1.82) is 0 Å². The molecule has 3 nitrogen and oxygen atoms in total. The van der Waals surface area contributed by atoms with E-state index in [2.05, 4.69) is 10.6 Å². The molecule has 98 valence electrons. The lowest BCUT2D eigenvalue weighted by Crippen LogP contribution is -2.19. The summed E-state index contributed by atoms with van der Waals surface area (Å²) in [5, 5.41) is 5.73. The fourth-order valence-electron chi connectivity index (χ4n) is 1.53. The molecule has 0 heterocycles. The van der Waals surface area contributed by atoms with Gasteiger partial charge in [-0.15, -0.1) is 0 Å². The number of carbonyl (C=O) groups is 1. The van der Waals surface area contributed by atoms with Crippen molar-refractivity contribution >= 4 is 29.0 Å². The first-order valence-electron chi connectivity index (χ1n) is 5.64. The molecule has 0 unspecified atom stereocenters. The Hall–Kier alpha value is -2.07. The fourth-order valence-corrected chi connectivity index (χ4v) is 1.71. The smallest absolute Gasteiger partial charge is 0.308 e. The number of aryl methyl sites for hydroxylation is 1.